The molecule has 0 fully saturated rings. The van der Waals surface area contributed by atoms with E-state index in [1.54, 1.807) is 18.2 Å². The second kappa shape index (κ2) is 6.05. The number of hydrogen-bond acceptors (Lipinski definition) is 3. The second-order valence-corrected chi connectivity index (χ2v) is 5.38. The fourth-order valence-electron chi connectivity index (χ4n) is 2.33. The number of rotatable bonds is 5. The molecule has 1 N–H and O–H groups in total. The van der Waals surface area contributed by atoms with Gasteiger partial charge in [0.15, 0.2) is 0 Å². The number of carbonyl (C=O) groups is 2. The number of benzene rings is 1. The van der Waals surface area contributed by atoms with Gasteiger partial charge in [-0.2, -0.15) is 0 Å². The molecule has 1 aromatic rings. The van der Waals surface area contributed by atoms with Gasteiger partial charge in [0.25, 0.3) is 17.4 Å². The molecule has 1 aliphatic rings. The molecule has 1 aliphatic heterocycles. The largest absolute Gasteiger partial charge is 0.466 e. The summed E-state index contributed by atoms with van der Waals surface area (Å²) in [4.78, 5) is 26.6. The normalized spacial score (nSPS) is 19.5. The summed E-state index contributed by atoms with van der Waals surface area (Å²) >= 11 is 0. The van der Waals surface area contributed by atoms with Crippen LogP contribution in [0.3, 0.4) is 0 Å². The molecule has 0 bridgehead atoms. The standard InChI is InChI=1S/C17H20N2O3/c1-5-9-19(10-6-2)16(21)17(4)15(20)18-13-11-12(3)7-8-14(13)22-17/h5-8,11H,1-2,9-10H2,3-4H3,(H,18,20). The van der Waals surface area contributed by atoms with Gasteiger partial charge in [-0.25, -0.2) is 0 Å². The number of nitrogens with one attached hydrogen (secondary N) is 1. The van der Waals surface area contributed by atoms with Crippen LogP contribution in [0, 0.1) is 6.92 Å². The molecule has 0 aromatic heterocycles. The summed E-state index contributed by atoms with van der Waals surface area (Å²) in [7, 11) is 0. The first-order valence-electron chi connectivity index (χ1n) is 7.04. The second-order valence-electron chi connectivity index (χ2n) is 5.38. The lowest BCUT2D eigenvalue weighted by atomic mass is 10.00. The summed E-state index contributed by atoms with van der Waals surface area (Å²) in [5, 5.41) is 2.75. The van der Waals surface area contributed by atoms with Crippen molar-refractivity contribution in [1.82, 2.24) is 4.90 Å². The Bertz CT molecular complexity index is 629. The number of amides is 2. The average molecular weight is 300 g/mol. The molecule has 1 unspecified atom stereocenters. The molecule has 5 nitrogen and oxygen atoms in total. The number of aryl methyl sites for hydroxylation is 1. The van der Waals surface area contributed by atoms with Gasteiger partial charge in [0.1, 0.15) is 5.75 Å². The highest BCUT2D eigenvalue weighted by Crippen LogP contribution is 2.35. The molecule has 5 heteroatoms. The van der Waals surface area contributed by atoms with Crippen LogP contribution in [0.15, 0.2) is 43.5 Å². The number of carbonyl (C=O) groups excluding carboxylic acids is 2. The van der Waals surface area contributed by atoms with Crippen molar-refractivity contribution in [3.05, 3.63) is 49.1 Å². The SMILES string of the molecule is C=CCN(CC=C)C(=O)C1(C)Oc2ccc(C)cc2NC1=O. The van der Waals surface area contributed by atoms with Crippen molar-refractivity contribution in [2.75, 3.05) is 18.4 Å². The molecule has 2 amide bonds. The van der Waals surface area contributed by atoms with Gasteiger partial charge >= 0.3 is 0 Å². The van der Waals surface area contributed by atoms with Crippen LogP contribution in [-0.2, 0) is 9.59 Å². The van der Waals surface area contributed by atoms with Crippen LogP contribution in [0.5, 0.6) is 5.75 Å². The van der Waals surface area contributed by atoms with Crippen LogP contribution in [0.25, 0.3) is 0 Å². The molecule has 0 saturated carbocycles. The minimum atomic E-state index is -1.60. The van der Waals surface area contributed by atoms with Gasteiger partial charge in [0, 0.05) is 13.1 Å². The van der Waals surface area contributed by atoms with E-state index in [1.165, 1.54) is 11.8 Å². The predicted octanol–water partition coefficient (Wildman–Crippen LogP) is 2.29. The van der Waals surface area contributed by atoms with E-state index in [1.807, 2.05) is 19.1 Å². The van der Waals surface area contributed by atoms with Crippen LogP contribution in [0.1, 0.15) is 12.5 Å². The highest BCUT2D eigenvalue weighted by atomic mass is 16.5. The number of ether oxygens (including phenoxy) is 1. The lowest BCUT2D eigenvalue weighted by molar-refractivity contribution is -0.153. The zero-order valence-corrected chi connectivity index (χ0v) is 12.9. The van der Waals surface area contributed by atoms with Gasteiger partial charge in [-0.15, -0.1) is 13.2 Å². The molecule has 0 spiro atoms. The average Bonchev–Trinajstić information content (AvgIpc) is 2.48. The van der Waals surface area contributed by atoms with Crippen LogP contribution in [-0.4, -0.2) is 35.4 Å². The van der Waals surface area contributed by atoms with Gasteiger partial charge in [-0.3, -0.25) is 9.59 Å². The maximum Gasteiger partial charge on any atom is 0.278 e. The number of anilines is 1. The highest BCUT2D eigenvalue weighted by molar-refractivity contribution is 6.15. The molecular weight excluding hydrogens is 280 g/mol. The number of fused-ring (bicyclic) bond motifs is 1. The summed E-state index contributed by atoms with van der Waals surface area (Å²) in [6.45, 7) is 11.3. The minimum Gasteiger partial charge on any atom is -0.466 e. The Morgan fingerprint density at radius 1 is 1.36 bits per heavy atom. The van der Waals surface area contributed by atoms with Crippen LogP contribution >= 0.6 is 0 Å². The lowest BCUT2D eigenvalue weighted by Crippen LogP contribution is -2.59. The Labute approximate surface area is 130 Å². The monoisotopic (exact) mass is 300 g/mol. The van der Waals surface area contributed by atoms with E-state index >= 15 is 0 Å². The van der Waals surface area contributed by atoms with E-state index in [0.717, 1.165) is 5.56 Å². The maximum absolute atomic E-state index is 12.7. The first kappa shape index (κ1) is 15.8. The molecule has 1 atom stereocenters. The number of hydrogen-bond donors (Lipinski definition) is 1. The molecular formula is C17H20N2O3. The van der Waals surface area contributed by atoms with Crippen LogP contribution < -0.4 is 10.1 Å². The van der Waals surface area contributed by atoms with Crippen LogP contribution in [0.4, 0.5) is 5.69 Å². The Hall–Kier alpha value is -2.56. The van der Waals surface area contributed by atoms with Crippen molar-refractivity contribution in [2.24, 2.45) is 0 Å². The summed E-state index contributed by atoms with van der Waals surface area (Å²) < 4.78 is 5.75. The molecule has 1 aromatic carbocycles. The van der Waals surface area contributed by atoms with Gasteiger partial charge < -0.3 is 15.0 Å². The molecule has 116 valence electrons. The summed E-state index contributed by atoms with van der Waals surface area (Å²) in [5.41, 5.74) is -0.0272. The Morgan fingerprint density at radius 3 is 2.59 bits per heavy atom. The Balaban J connectivity index is 2.34. The van der Waals surface area contributed by atoms with Crippen molar-refractivity contribution in [3.63, 3.8) is 0 Å². The first-order valence-corrected chi connectivity index (χ1v) is 7.04. The molecule has 0 saturated heterocycles. The molecule has 22 heavy (non-hydrogen) atoms. The third kappa shape index (κ3) is 2.74. The van der Waals surface area contributed by atoms with E-state index in [2.05, 4.69) is 18.5 Å². The Kier molecular flexibility index (Phi) is 4.35. The van der Waals surface area contributed by atoms with Crippen molar-refractivity contribution in [2.45, 2.75) is 19.4 Å². The van der Waals surface area contributed by atoms with Crippen molar-refractivity contribution in [3.8, 4) is 5.75 Å². The summed E-state index contributed by atoms with van der Waals surface area (Å²) in [6.07, 6.45) is 3.20. The lowest BCUT2D eigenvalue weighted by Gasteiger charge is -2.36. The molecule has 2 rings (SSSR count). The van der Waals surface area contributed by atoms with Crippen molar-refractivity contribution < 1.29 is 14.3 Å². The van der Waals surface area contributed by atoms with Gasteiger partial charge in [-0.05, 0) is 31.5 Å². The highest BCUT2D eigenvalue weighted by Gasteiger charge is 2.49. The van der Waals surface area contributed by atoms with Crippen molar-refractivity contribution in [1.29, 1.82) is 0 Å². The van der Waals surface area contributed by atoms with E-state index in [4.69, 9.17) is 4.74 Å². The maximum atomic E-state index is 12.7. The smallest absolute Gasteiger partial charge is 0.278 e. The van der Waals surface area contributed by atoms with Gasteiger partial charge in [-0.1, -0.05) is 18.2 Å². The zero-order chi connectivity index (χ0) is 16.3. The van der Waals surface area contributed by atoms with E-state index < -0.39 is 17.4 Å². The topological polar surface area (TPSA) is 58.6 Å². The third-order valence-electron chi connectivity index (χ3n) is 3.52. The molecule has 1 heterocycles. The molecule has 0 aliphatic carbocycles. The first-order chi connectivity index (χ1) is 10.4. The van der Waals surface area contributed by atoms with Gasteiger partial charge in [0.05, 0.1) is 5.69 Å². The zero-order valence-electron chi connectivity index (χ0n) is 12.9. The van der Waals surface area contributed by atoms with E-state index in [-0.39, 0.29) is 0 Å². The van der Waals surface area contributed by atoms with Crippen molar-refractivity contribution >= 4 is 17.5 Å². The van der Waals surface area contributed by atoms with E-state index in [0.29, 0.717) is 24.5 Å². The predicted molar refractivity (Wildman–Crippen MR) is 85.8 cm³/mol. The van der Waals surface area contributed by atoms with E-state index in [9.17, 15) is 9.59 Å². The van der Waals surface area contributed by atoms with Crippen LogP contribution in [0.2, 0.25) is 0 Å². The quantitative estimate of drug-likeness (QED) is 0.670. The number of nitrogens with zero attached hydrogens (tertiary/aromatic N) is 1. The minimum absolute atomic E-state index is 0.317. The third-order valence-corrected chi connectivity index (χ3v) is 3.52. The fraction of sp³-hybridized carbons (Fsp3) is 0.294. The summed E-state index contributed by atoms with van der Waals surface area (Å²) in [6, 6.07) is 5.43. The summed E-state index contributed by atoms with van der Waals surface area (Å²) in [5.74, 6) is -0.414. The van der Waals surface area contributed by atoms with Gasteiger partial charge in [0.2, 0.25) is 0 Å². The fourth-order valence-corrected chi connectivity index (χ4v) is 2.33. The Morgan fingerprint density at radius 2 is 2.00 bits per heavy atom. The molecule has 0 radical (unpaired) electrons.